The maximum Gasteiger partial charge on any atom is 0.182 e. The van der Waals surface area contributed by atoms with Gasteiger partial charge in [0.05, 0.1) is 26.6 Å². The van der Waals surface area contributed by atoms with Crippen LogP contribution in [0, 0.1) is 0 Å². The van der Waals surface area contributed by atoms with Gasteiger partial charge in [0.15, 0.2) is 22.6 Å². The summed E-state index contributed by atoms with van der Waals surface area (Å²) in [6.07, 6.45) is 0. The highest BCUT2D eigenvalue weighted by Crippen LogP contribution is 2.32. The average molecular weight is 426 g/mol. The van der Waals surface area contributed by atoms with Gasteiger partial charge in [0, 0.05) is 11.8 Å². The molecule has 0 radical (unpaired) electrons. The topological polar surface area (TPSA) is 113 Å². The van der Waals surface area contributed by atoms with Crippen LogP contribution in [0.2, 0.25) is 5.02 Å². The second kappa shape index (κ2) is 7.94. The molecule has 1 heterocycles. The van der Waals surface area contributed by atoms with Crippen LogP contribution < -0.4 is 15.8 Å². The lowest BCUT2D eigenvalue weighted by Gasteiger charge is -2.14. The number of aromatic hydroxyl groups is 1. The van der Waals surface area contributed by atoms with Crippen LogP contribution in [0.4, 0.5) is 23.0 Å². The summed E-state index contributed by atoms with van der Waals surface area (Å²) >= 11 is 6.22. The van der Waals surface area contributed by atoms with Crippen LogP contribution in [0.1, 0.15) is 0 Å². The molecule has 0 saturated carbocycles. The summed E-state index contributed by atoms with van der Waals surface area (Å²) in [6, 6.07) is 18.6. The molecule has 3 aromatic carbocycles. The van der Waals surface area contributed by atoms with Crippen LogP contribution >= 0.6 is 11.6 Å². The minimum Gasteiger partial charge on any atom is -0.508 e. The van der Waals surface area contributed by atoms with E-state index >= 15 is 0 Å². The predicted molar refractivity (Wildman–Crippen MR) is 117 cm³/mol. The fraction of sp³-hybridized carbons (Fsp3) is 0. The monoisotopic (exact) mass is 425 g/mol. The minimum atomic E-state index is -1.62. The number of anilines is 4. The molecule has 1 aromatic heterocycles. The number of nitrogens with one attached hydrogen (secondary N) is 2. The third-order valence-electron chi connectivity index (χ3n) is 4.04. The van der Waals surface area contributed by atoms with E-state index in [2.05, 4.69) is 20.0 Å². The first-order valence-electron chi connectivity index (χ1n) is 8.56. The Bertz CT molecular complexity index is 1230. The predicted octanol–water partition coefficient (Wildman–Crippen LogP) is 4.45. The van der Waals surface area contributed by atoms with Crippen molar-refractivity contribution in [2.24, 2.45) is 0 Å². The average Bonchev–Trinajstić information content (AvgIpc) is 2.71. The van der Waals surface area contributed by atoms with E-state index in [9.17, 15) is 9.32 Å². The maximum atomic E-state index is 12.8. The molecule has 0 amide bonds. The smallest absolute Gasteiger partial charge is 0.182 e. The second-order valence-corrected chi connectivity index (χ2v) is 7.76. The molecule has 0 aliphatic rings. The summed E-state index contributed by atoms with van der Waals surface area (Å²) in [5.41, 5.74) is 8.01. The molecule has 0 bridgehead atoms. The van der Waals surface area contributed by atoms with Crippen molar-refractivity contribution in [2.75, 3.05) is 15.8 Å². The molecule has 0 fully saturated rings. The van der Waals surface area contributed by atoms with Crippen molar-refractivity contribution >= 4 is 56.6 Å². The van der Waals surface area contributed by atoms with Gasteiger partial charge in [0.2, 0.25) is 0 Å². The lowest BCUT2D eigenvalue weighted by atomic mass is 10.3. The number of hydrogen-bond donors (Lipinski definition) is 4. The fourth-order valence-electron chi connectivity index (χ4n) is 2.67. The van der Waals surface area contributed by atoms with Crippen LogP contribution in [0.3, 0.4) is 0 Å². The Hall–Kier alpha value is -3.36. The van der Waals surface area contributed by atoms with Crippen molar-refractivity contribution < 1.29 is 9.32 Å². The first-order chi connectivity index (χ1) is 14.0. The molecular weight excluding hydrogens is 410 g/mol. The third kappa shape index (κ3) is 4.23. The Morgan fingerprint density at radius 3 is 2.38 bits per heavy atom. The summed E-state index contributed by atoms with van der Waals surface area (Å²) in [5.74, 6) is 0.626. The molecule has 5 N–H and O–H groups in total. The summed E-state index contributed by atoms with van der Waals surface area (Å²) in [7, 11) is -1.62. The number of phenols is 1. The molecule has 1 atom stereocenters. The standard InChI is InChI=1S/C20H16ClN5O2S/c21-15-9-8-13(27)11-18(15)25-19-20(24-17-7-2-1-6-16(17)23-19)26-29(28)14-5-3-4-12(22)10-14/h1-11,27H,22H2,(H,23,25)(H,24,26). The second-order valence-electron chi connectivity index (χ2n) is 6.14. The summed E-state index contributed by atoms with van der Waals surface area (Å²) in [5, 5.41) is 13.2. The number of nitrogen functional groups attached to an aromatic ring is 1. The van der Waals surface area contributed by atoms with Crippen molar-refractivity contribution in [3.05, 3.63) is 71.8 Å². The van der Waals surface area contributed by atoms with E-state index in [0.29, 0.717) is 38.1 Å². The number of fused-ring (bicyclic) bond motifs is 1. The molecule has 1 unspecified atom stereocenters. The molecule has 0 spiro atoms. The van der Waals surface area contributed by atoms with E-state index in [1.54, 1.807) is 30.3 Å². The lowest BCUT2D eigenvalue weighted by Crippen LogP contribution is -2.10. The van der Waals surface area contributed by atoms with E-state index in [1.165, 1.54) is 12.1 Å². The fourth-order valence-corrected chi connectivity index (χ4v) is 3.72. The highest BCUT2D eigenvalue weighted by molar-refractivity contribution is 7.86. The largest absolute Gasteiger partial charge is 0.508 e. The minimum absolute atomic E-state index is 0.0449. The van der Waals surface area contributed by atoms with Crippen molar-refractivity contribution in [2.45, 2.75) is 4.90 Å². The van der Waals surface area contributed by atoms with Crippen LogP contribution in [0.15, 0.2) is 71.6 Å². The van der Waals surface area contributed by atoms with Gasteiger partial charge in [0.25, 0.3) is 0 Å². The Morgan fingerprint density at radius 1 is 0.931 bits per heavy atom. The van der Waals surface area contributed by atoms with Crippen molar-refractivity contribution in [3.63, 3.8) is 0 Å². The number of hydrogen-bond acceptors (Lipinski definition) is 6. The Labute approximate surface area is 174 Å². The molecule has 4 aromatic rings. The molecule has 4 rings (SSSR count). The molecule has 9 heteroatoms. The molecule has 0 aliphatic carbocycles. The molecule has 0 saturated heterocycles. The van der Waals surface area contributed by atoms with E-state index in [1.807, 2.05) is 24.3 Å². The van der Waals surface area contributed by atoms with Gasteiger partial charge in [-0.25, -0.2) is 14.2 Å². The van der Waals surface area contributed by atoms with Gasteiger partial charge in [-0.15, -0.1) is 0 Å². The quantitative estimate of drug-likeness (QED) is 0.351. The van der Waals surface area contributed by atoms with E-state index in [4.69, 9.17) is 17.3 Å². The number of aromatic nitrogens is 2. The Balaban J connectivity index is 1.76. The van der Waals surface area contributed by atoms with E-state index in [-0.39, 0.29) is 11.6 Å². The maximum absolute atomic E-state index is 12.8. The van der Waals surface area contributed by atoms with Gasteiger partial charge in [0.1, 0.15) is 5.75 Å². The van der Waals surface area contributed by atoms with Crippen molar-refractivity contribution in [3.8, 4) is 5.75 Å². The lowest BCUT2D eigenvalue weighted by molar-refractivity contribution is 0.475. The van der Waals surface area contributed by atoms with Crippen LogP contribution in [0.5, 0.6) is 5.75 Å². The molecule has 7 nitrogen and oxygen atoms in total. The molecule has 29 heavy (non-hydrogen) atoms. The van der Waals surface area contributed by atoms with E-state index in [0.717, 1.165) is 0 Å². The number of nitrogens with two attached hydrogens (primary N) is 1. The third-order valence-corrected chi connectivity index (χ3v) is 5.43. The van der Waals surface area contributed by atoms with Crippen LogP contribution in [-0.4, -0.2) is 19.3 Å². The number of benzene rings is 3. The number of nitrogens with zero attached hydrogens (tertiary/aromatic N) is 2. The summed E-state index contributed by atoms with van der Waals surface area (Å²) in [4.78, 5) is 9.62. The number of phenolic OH excluding ortho intramolecular Hbond substituents is 1. The van der Waals surface area contributed by atoms with Gasteiger partial charge >= 0.3 is 0 Å². The number of rotatable bonds is 5. The summed E-state index contributed by atoms with van der Waals surface area (Å²) in [6.45, 7) is 0. The van der Waals surface area contributed by atoms with Gasteiger partial charge < -0.3 is 16.2 Å². The zero-order valence-corrected chi connectivity index (χ0v) is 16.5. The normalized spacial score (nSPS) is 11.9. The zero-order valence-electron chi connectivity index (χ0n) is 15.0. The highest BCUT2D eigenvalue weighted by Gasteiger charge is 2.14. The molecule has 146 valence electrons. The molecular formula is C20H16ClN5O2S. The molecule has 0 aliphatic heterocycles. The Morgan fingerprint density at radius 2 is 1.66 bits per heavy atom. The number of halogens is 1. The van der Waals surface area contributed by atoms with Crippen molar-refractivity contribution in [1.29, 1.82) is 0 Å². The van der Waals surface area contributed by atoms with Gasteiger partial charge in [-0.05, 0) is 42.5 Å². The number of para-hydroxylation sites is 2. The van der Waals surface area contributed by atoms with Gasteiger partial charge in [-0.3, -0.25) is 4.72 Å². The van der Waals surface area contributed by atoms with Crippen LogP contribution in [-0.2, 0) is 11.0 Å². The first kappa shape index (κ1) is 19.0. The SMILES string of the molecule is Nc1cccc(S(=O)Nc2nc3ccccc3nc2Nc2cc(O)ccc2Cl)c1. The van der Waals surface area contributed by atoms with E-state index < -0.39 is 11.0 Å². The van der Waals surface area contributed by atoms with Gasteiger partial charge in [-0.2, -0.15) is 0 Å². The Kier molecular flexibility index (Phi) is 5.20. The zero-order chi connectivity index (χ0) is 20.4. The summed E-state index contributed by atoms with van der Waals surface area (Å²) < 4.78 is 15.7. The van der Waals surface area contributed by atoms with Gasteiger partial charge in [-0.1, -0.05) is 29.8 Å². The first-order valence-corrected chi connectivity index (χ1v) is 10.1. The van der Waals surface area contributed by atoms with Crippen LogP contribution in [0.25, 0.3) is 11.0 Å². The van der Waals surface area contributed by atoms with Crippen molar-refractivity contribution in [1.82, 2.24) is 9.97 Å². The highest BCUT2D eigenvalue weighted by atomic mass is 35.5.